The van der Waals surface area contributed by atoms with Crippen molar-refractivity contribution in [3.8, 4) is 0 Å². The fourth-order valence-corrected chi connectivity index (χ4v) is 3.16. The molecule has 106 valence electrons. The smallest absolute Gasteiger partial charge is 0.250 e. The average Bonchev–Trinajstić information content (AvgIpc) is 2.87. The van der Waals surface area contributed by atoms with Crippen LogP contribution in [0.2, 0.25) is 0 Å². The highest BCUT2D eigenvalue weighted by atomic mass is 16.5. The van der Waals surface area contributed by atoms with Crippen molar-refractivity contribution in [3.05, 3.63) is 36.0 Å². The minimum atomic E-state index is -0.362. The van der Waals surface area contributed by atoms with E-state index in [-0.39, 0.29) is 5.91 Å². The first-order chi connectivity index (χ1) is 9.68. The summed E-state index contributed by atoms with van der Waals surface area (Å²) in [4.78, 5) is 11.6. The Labute approximate surface area is 118 Å². The Morgan fingerprint density at radius 2 is 2.05 bits per heavy atom. The number of carbonyl (C=O) groups excluding carboxylic acids is 1. The van der Waals surface area contributed by atoms with Crippen LogP contribution in [0.4, 0.5) is 0 Å². The standard InChI is InChI=1S/C16H20N2O2/c1-11(12-6-8-20-9-7-12)18-10-14(16(17)19)13-4-2-3-5-15(13)18/h2-5,10-12H,6-9H2,1H3,(H2,17,19). The molecular formula is C16H20N2O2. The van der Waals surface area contributed by atoms with E-state index < -0.39 is 0 Å². The van der Waals surface area contributed by atoms with Gasteiger partial charge < -0.3 is 15.0 Å². The fraction of sp³-hybridized carbons (Fsp3) is 0.438. The van der Waals surface area contributed by atoms with Crippen LogP contribution in [0.15, 0.2) is 30.5 Å². The molecule has 1 amide bonds. The molecule has 0 aliphatic carbocycles. The third-order valence-electron chi connectivity index (χ3n) is 4.39. The van der Waals surface area contributed by atoms with Crippen LogP contribution in [-0.4, -0.2) is 23.7 Å². The highest BCUT2D eigenvalue weighted by Gasteiger charge is 2.24. The molecule has 1 aromatic heterocycles. The quantitative estimate of drug-likeness (QED) is 0.934. The molecule has 20 heavy (non-hydrogen) atoms. The van der Waals surface area contributed by atoms with E-state index in [9.17, 15) is 4.79 Å². The number of fused-ring (bicyclic) bond motifs is 1. The largest absolute Gasteiger partial charge is 0.381 e. The van der Waals surface area contributed by atoms with E-state index in [2.05, 4.69) is 17.6 Å². The van der Waals surface area contributed by atoms with E-state index in [0.29, 0.717) is 17.5 Å². The van der Waals surface area contributed by atoms with Crippen LogP contribution >= 0.6 is 0 Å². The van der Waals surface area contributed by atoms with Crippen molar-refractivity contribution in [2.75, 3.05) is 13.2 Å². The van der Waals surface area contributed by atoms with Gasteiger partial charge in [0.05, 0.1) is 5.56 Å². The van der Waals surface area contributed by atoms with Gasteiger partial charge in [0, 0.05) is 36.4 Å². The molecular weight excluding hydrogens is 252 g/mol. The molecule has 1 aliphatic heterocycles. The number of primary amides is 1. The van der Waals surface area contributed by atoms with Gasteiger partial charge in [-0.15, -0.1) is 0 Å². The third-order valence-corrected chi connectivity index (χ3v) is 4.39. The second-order valence-electron chi connectivity index (χ2n) is 5.52. The second kappa shape index (κ2) is 5.29. The lowest BCUT2D eigenvalue weighted by Crippen LogP contribution is -2.23. The summed E-state index contributed by atoms with van der Waals surface area (Å²) in [6.07, 6.45) is 4.05. The number of para-hydroxylation sites is 1. The molecule has 1 aromatic carbocycles. The summed E-state index contributed by atoms with van der Waals surface area (Å²) in [5.41, 5.74) is 7.19. The van der Waals surface area contributed by atoms with Crippen LogP contribution in [0, 0.1) is 5.92 Å². The summed E-state index contributed by atoms with van der Waals surface area (Å²) in [5.74, 6) is 0.222. The van der Waals surface area contributed by atoms with Gasteiger partial charge in [0.2, 0.25) is 0 Å². The summed E-state index contributed by atoms with van der Waals surface area (Å²) in [5, 5.41) is 0.943. The van der Waals surface area contributed by atoms with Gasteiger partial charge in [-0.25, -0.2) is 0 Å². The van der Waals surface area contributed by atoms with Crippen LogP contribution in [0.1, 0.15) is 36.2 Å². The summed E-state index contributed by atoms with van der Waals surface area (Å²) < 4.78 is 7.63. The number of carbonyl (C=O) groups is 1. The van der Waals surface area contributed by atoms with E-state index >= 15 is 0 Å². The molecule has 1 aliphatic rings. The predicted molar refractivity (Wildman–Crippen MR) is 78.7 cm³/mol. The van der Waals surface area contributed by atoms with Gasteiger partial charge in [0.1, 0.15) is 0 Å². The van der Waals surface area contributed by atoms with E-state index in [4.69, 9.17) is 10.5 Å². The maximum atomic E-state index is 11.6. The predicted octanol–water partition coefficient (Wildman–Crippen LogP) is 2.73. The monoisotopic (exact) mass is 272 g/mol. The highest BCUT2D eigenvalue weighted by Crippen LogP contribution is 2.32. The van der Waals surface area contributed by atoms with E-state index in [0.717, 1.165) is 37.0 Å². The van der Waals surface area contributed by atoms with Crippen LogP contribution < -0.4 is 5.73 Å². The van der Waals surface area contributed by atoms with Gasteiger partial charge in [0.25, 0.3) is 5.91 Å². The van der Waals surface area contributed by atoms with Gasteiger partial charge in [-0.2, -0.15) is 0 Å². The summed E-state index contributed by atoms with van der Waals surface area (Å²) in [6, 6.07) is 8.30. The molecule has 4 heteroatoms. The molecule has 1 fully saturated rings. The van der Waals surface area contributed by atoms with E-state index in [1.165, 1.54) is 0 Å². The van der Waals surface area contributed by atoms with E-state index in [1.807, 2.05) is 24.4 Å². The molecule has 0 saturated carbocycles. The van der Waals surface area contributed by atoms with Crippen molar-refractivity contribution < 1.29 is 9.53 Å². The fourth-order valence-electron chi connectivity index (χ4n) is 3.16. The van der Waals surface area contributed by atoms with Gasteiger partial charge in [-0.05, 0) is 31.7 Å². The molecule has 0 bridgehead atoms. The number of amides is 1. The first-order valence-electron chi connectivity index (χ1n) is 7.15. The van der Waals surface area contributed by atoms with Crippen molar-refractivity contribution in [2.45, 2.75) is 25.8 Å². The van der Waals surface area contributed by atoms with Crippen LogP contribution in [0.3, 0.4) is 0 Å². The topological polar surface area (TPSA) is 57.2 Å². The van der Waals surface area contributed by atoms with Gasteiger partial charge in [0.15, 0.2) is 0 Å². The number of hydrogen-bond acceptors (Lipinski definition) is 2. The summed E-state index contributed by atoms with van der Waals surface area (Å²) in [6.45, 7) is 3.88. The number of nitrogens with zero attached hydrogens (tertiary/aromatic N) is 1. The average molecular weight is 272 g/mol. The Kier molecular flexibility index (Phi) is 3.49. The Balaban J connectivity index is 2.04. The maximum absolute atomic E-state index is 11.6. The minimum Gasteiger partial charge on any atom is -0.381 e. The number of hydrogen-bond donors (Lipinski definition) is 1. The summed E-state index contributed by atoms with van der Waals surface area (Å²) in [7, 11) is 0. The van der Waals surface area contributed by atoms with Crippen molar-refractivity contribution >= 4 is 16.8 Å². The maximum Gasteiger partial charge on any atom is 0.250 e. The first-order valence-corrected chi connectivity index (χ1v) is 7.15. The van der Waals surface area contributed by atoms with Gasteiger partial charge in [-0.1, -0.05) is 18.2 Å². The number of rotatable bonds is 3. The molecule has 1 unspecified atom stereocenters. The number of benzene rings is 1. The van der Waals surface area contributed by atoms with Crippen molar-refractivity contribution in [1.29, 1.82) is 0 Å². The molecule has 2 N–H and O–H groups in total. The van der Waals surface area contributed by atoms with Crippen molar-refractivity contribution in [3.63, 3.8) is 0 Å². The number of aromatic nitrogens is 1. The molecule has 2 heterocycles. The zero-order valence-electron chi connectivity index (χ0n) is 11.7. The van der Waals surface area contributed by atoms with Crippen LogP contribution in [0.25, 0.3) is 10.9 Å². The molecule has 1 saturated heterocycles. The van der Waals surface area contributed by atoms with Crippen LogP contribution in [0.5, 0.6) is 0 Å². The zero-order valence-corrected chi connectivity index (χ0v) is 11.7. The molecule has 0 radical (unpaired) electrons. The van der Waals surface area contributed by atoms with Gasteiger partial charge in [-0.3, -0.25) is 4.79 Å². The van der Waals surface area contributed by atoms with Crippen LogP contribution in [-0.2, 0) is 4.74 Å². The van der Waals surface area contributed by atoms with Gasteiger partial charge >= 0.3 is 0 Å². The number of ether oxygens (including phenoxy) is 1. The van der Waals surface area contributed by atoms with E-state index in [1.54, 1.807) is 0 Å². The third kappa shape index (κ3) is 2.20. The first kappa shape index (κ1) is 13.2. The minimum absolute atomic E-state index is 0.344. The molecule has 0 spiro atoms. The molecule has 1 atom stereocenters. The Morgan fingerprint density at radius 1 is 1.35 bits per heavy atom. The molecule has 3 rings (SSSR count). The lowest BCUT2D eigenvalue weighted by molar-refractivity contribution is 0.0519. The summed E-state index contributed by atoms with van der Waals surface area (Å²) >= 11 is 0. The number of nitrogens with two attached hydrogens (primary N) is 1. The zero-order chi connectivity index (χ0) is 14.1. The Bertz CT molecular complexity index is 626. The Morgan fingerprint density at radius 3 is 2.75 bits per heavy atom. The Hall–Kier alpha value is -1.81. The molecule has 2 aromatic rings. The lowest BCUT2D eigenvalue weighted by atomic mass is 9.92. The SMILES string of the molecule is CC(C1CCOCC1)n1cc(C(N)=O)c2ccccc21. The van der Waals surface area contributed by atoms with Crippen molar-refractivity contribution in [2.24, 2.45) is 11.7 Å². The van der Waals surface area contributed by atoms with Crippen molar-refractivity contribution in [1.82, 2.24) is 4.57 Å². The highest BCUT2D eigenvalue weighted by molar-refractivity contribution is 6.06. The normalized spacial score (nSPS) is 18.2. The molecule has 4 nitrogen and oxygen atoms in total. The lowest BCUT2D eigenvalue weighted by Gasteiger charge is -2.29. The second-order valence-corrected chi connectivity index (χ2v) is 5.52.